The van der Waals surface area contributed by atoms with Crippen molar-refractivity contribution in [2.24, 2.45) is 11.8 Å². The largest absolute Gasteiger partial charge is 0.497 e. The highest BCUT2D eigenvalue weighted by atomic mass is 16.5. The topological polar surface area (TPSA) is 117 Å². The predicted octanol–water partition coefficient (Wildman–Crippen LogP) is 2.49. The van der Waals surface area contributed by atoms with E-state index in [9.17, 15) is 19.5 Å². The Morgan fingerprint density at radius 3 is 2.47 bits per heavy atom. The highest BCUT2D eigenvalue weighted by molar-refractivity contribution is 6.04. The van der Waals surface area contributed by atoms with Crippen LogP contribution in [0.2, 0.25) is 0 Å². The molecule has 3 heterocycles. The van der Waals surface area contributed by atoms with E-state index >= 15 is 0 Å². The summed E-state index contributed by atoms with van der Waals surface area (Å²) >= 11 is 0. The van der Waals surface area contributed by atoms with Crippen molar-refractivity contribution in [2.75, 3.05) is 19.0 Å². The summed E-state index contributed by atoms with van der Waals surface area (Å²) in [7, 11) is 1.56. The van der Waals surface area contributed by atoms with Gasteiger partial charge in [0.15, 0.2) is 0 Å². The van der Waals surface area contributed by atoms with Gasteiger partial charge in [0.2, 0.25) is 17.7 Å². The molecule has 1 spiro atoms. The third kappa shape index (κ3) is 4.05. The number of anilines is 1. The number of amides is 3. The summed E-state index contributed by atoms with van der Waals surface area (Å²) in [6.45, 7) is 3.69. The minimum atomic E-state index is -1.15. The molecule has 9 heteroatoms. The molecule has 9 nitrogen and oxygen atoms in total. The Labute approximate surface area is 222 Å². The number of hydrogen-bond donors (Lipinski definition) is 3. The number of nitrogens with one attached hydrogen (secondary N) is 2. The lowest BCUT2D eigenvalue weighted by molar-refractivity contribution is -0.148. The predicted molar refractivity (Wildman–Crippen MR) is 140 cm³/mol. The molecule has 0 radical (unpaired) electrons. The summed E-state index contributed by atoms with van der Waals surface area (Å²) in [6.07, 6.45) is 1.60. The Morgan fingerprint density at radius 1 is 1.13 bits per heavy atom. The summed E-state index contributed by atoms with van der Waals surface area (Å²) in [6, 6.07) is 14.9. The van der Waals surface area contributed by atoms with E-state index in [1.165, 1.54) is 4.90 Å². The van der Waals surface area contributed by atoms with Gasteiger partial charge in [-0.2, -0.15) is 0 Å². The second kappa shape index (κ2) is 10.0. The first-order valence-corrected chi connectivity index (χ1v) is 13.2. The highest BCUT2D eigenvalue weighted by Gasteiger charge is 2.78. The van der Waals surface area contributed by atoms with Crippen molar-refractivity contribution < 1.29 is 29.0 Å². The van der Waals surface area contributed by atoms with Crippen molar-refractivity contribution in [3.63, 3.8) is 0 Å². The molecule has 2 aromatic rings. The van der Waals surface area contributed by atoms with E-state index in [1.54, 1.807) is 38.3 Å². The molecule has 202 valence electrons. The first-order chi connectivity index (χ1) is 18.3. The van der Waals surface area contributed by atoms with Crippen LogP contribution >= 0.6 is 0 Å². The van der Waals surface area contributed by atoms with Gasteiger partial charge < -0.3 is 30.1 Å². The van der Waals surface area contributed by atoms with Crippen molar-refractivity contribution in [3.8, 4) is 5.75 Å². The molecule has 3 amide bonds. The van der Waals surface area contributed by atoms with Crippen molar-refractivity contribution in [3.05, 3.63) is 60.2 Å². The molecule has 38 heavy (non-hydrogen) atoms. The molecule has 0 aliphatic carbocycles. The lowest BCUT2D eigenvalue weighted by atomic mass is 9.65. The Morgan fingerprint density at radius 2 is 1.84 bits per heavy atom. The quantitative estimate of drug-likeness (QED) is 0.467. The van der Waals surface area contributed by atoms with Gasteiger partial charge in [-0.15, -0.1) is 0 Å². The molecule has 3 aliphatic rings. The summed E-state index contributed by atoms with van der Waals surface area (Å²) < 4.78 is 11.9. The number of carbonyl (C=O) groups excluding carboxylic acids is 3. The van der Waals surface area contributed by atoms with Crippen LogP contribution in [-0.2, 0) is 25.7 Å². The van der Waals surface area contributed by atoms with Gasteiger partial charge in [0.1, 0.15) is 17.4 Å². The molecule has 3 N–H and O–H groups in total. The average Bonchev–Trinajstić information content (AvgIpc) is 3.55. The van der Waals surface area contributed by atoms with Crippen molar-refractivity contribution in [2.45, 2.75) is 62.9 Å². The zero-order valence-corrected chi connectivity index (χ0v) is 22.0. The number of nitrogens with zero attached hydrogens (tertiary/aromatic N) is 1. The Kier molecular flexibility index (Phi) is 6.92. The van der Waals surface area contributed by atoms with E-state index in [1.807, 2.05) is 37.3 Å². The minimum Gasteiger partial charge on any atom is -0.497 e. The van der Waals surface area contributed by atoms with E-state index in [4.69, 9.17) is 9.47 Å². The molecule has 3 fully saturated rings. The highest BCUT2D eigenvalue weighted by Crippen LogP contribution is 2.64. The molecule has 2 bridgehead atoms. The van der Waals surface area contributed by atoms with Gasteiger partial charge in [-0.3, -0.25) is 14.4 Å². The maximum absolute atomic E-state index is 14.0. The number of carbonyl (C=O) groups is 3. The number of aliphatic hydroxyl groups excluding tert-OH is 1. The summed E-state index contributed by atoms with van der Waals surface area (Å²) in [4.78, 5) is 43.0. The standard InChI is InChI=1S/C29H35N3O6/c1-4-28-14-15-29(38-28)23(22(28)25(34)30-16-19-8-6-5-7-9-19)27(36)32(18(2)17-33)24(29)26(35)31-20-10-12-21(37-3)13-11-20/h5-13,18,22-24,33H,4,14-17H2,1-3H3,(H,30,34)(H,31,35)/t18-,22-,23+,24?,28+,29?/m1/s1. The second-order valence-electron chi connectivity index (χ2n) is 10.5. The average molecular weight is 522 g/mol. The van der Waals surface area contributed by atoms with Crippen LogP contribution in [0.4, 0.5) is 5.69 Å². The first kappa shape index (κ1) is 26.2. The second-order valence-corrected chi connectivity index (χ2v) is 10.5. The number of benzene rings is 2. The number of rotatable bonds is 9. The van der Waals surface area contributed by atoms with E-state index < -0.39 is 41.0 Å². The van der Waals surface area contributed by atoms with Crippen LogP contribution in [0.15, 0.2) is 54.6 Å². The molecule has 0 aromatic heterocycles. The third-order valence-corrected chi connectivity index (χ3v) is 8.56. The number of fused-ring (bicyclic) bond motifs is 1. The minimum absolute atomic E-state index is 0.247. The zero-order chi connectivity index (χ0) is 27.1. The molecule has 2 aromatic carbocycles. The Balaban J connectivity index is 1.48. The summed E-state index contributed by atoms with van der Waals surface area (Å²) in [5.74, 6) is -1.86. The van der Waals surface area contributed by atoms with E-state index in [-0.39, 0.29) is 18.4 Å². The van der Waals surface area contributed by atoms with Crippen LogP contribution in [0.1, 0.15) is 38.7 Å². The fourth-order valence-corrected chi connectivity index (χ4v) is 6.70. The van der Waals surface area contributed by atoms with Crippen LogP contribution in [0, 0.1) is 11.8 Å². The van der Waals surface area contributed by atoms with Crippen LogP contribution in [0.5, 0.6) is 5.75 Å². The van der Waals surface area contributed by atoms with E-state index in [2.05, 4.69) is 10.6 Å². The Bertz CT molecular complexity index is 1200. The monoisotopic (exact) mass is 521 g/mol. The van der Waals surface area contributed by atoms with Gasteiger partial charge in [0, 0.05) is 12.2 Å². The normalized spacial score (nSPS) is 30.2. The maximum atomic E-state index is 14.0. The number of hydrogen-bond acceptors (Lipinski definition) is 6. The first-order valence-electron chi connectivity index (χ1n) is 13.2. The van der Waals surface area contributed by atoms with Crippen molar-refractivity contribution in [1.82, 2.24) is 10.2 Å². The SMILES string of the molecule is CC[C@@]12CCC3(O1)C(C(=O)Nc1ccc(OC)cc1)N([C@H](C)CO)C(=O)[C@@H]3[C@@H]2C(=O)NCc1ccccc1. The number of likely N-dealkylation sites (tertiary alicyclic amines) is 1. The van der Waals surface area contributed by atoms with Crippen LogP contribution < -0.4 is 15.4 Å². The van der Waals surface area contributed by atoms with Gasteiger partial charge in [-0.1, -0.05) is 37.3 Å². The fraction of sp³-hybridized carbons (Fsp3) is 0.483. The summed E-state index contributed by atoms with van der Waals surface area (Å²) in [5.41, 5.74) is -0.472. The van der Waals surface area contributed by atoms with Gasteiger partial charge >= 0.3 is 0 Å². The van der Waals surface area contributed by atoms with Crippen LogP contribution in [0.3, 0.4) is 0 Å². The van der Waals surface area contributed by atoms with Crippen molar-refractivity contribution >= 4 is 23.4 Å². The lowest BCUT2D eigenvalue weighted by Gasteiger charge is -2.36. The molecule has 5 rings (SSSR count). The zero-order valence-electron chi connectivity index (χ0n) is 22.0. The fourth-order valence-electron chi connectivity index (χ4n) is 6.70. The molecule has 3 saturated heterocycles. The van der Waals surface area contributed by atoms with Gasteiger partial charge in [0.25, 0.3) is 0 Å². The molecule has 0 saturated carbocycles. The van der Waals surface area contributed by atoms with E-state index in [0.29, 0.717) is 37.2 Å². The smallest absolute Gasteiger partial charge is 0.250 e. The Hall–Kier alpha value is -3.43. The van der Waals surface area contributed by atoms with Gasteiger partial charge in [0.05, 0.1) is 37.2 Å². The molecule has 2 unspecified atom stereocenters. The lowest BCUT2D eigenvalue weighted by Crippen LogP contribution is -2.55. The maximum Gasteiger partial charge on any atom is 0.250 e. The van der Waals surface area contributed by atoms with Crippen LogP contribution in [0.25, 0.3) is 0 Å². The molecular formula is C29H35N3O6. The van der Waals surface area contributed by atoms with Crippen molar-refractivity contribution in [1.29, 1.82) is 0 Å². The number of aliphatic hydroxyl groups is 1. The number of ether oxygens (including phenoxy) is 2. The van der Waals surface area contributed by atoms with Gasteiger partial charge in [-0.05, 0) is 56.0 Å². The molecule has 6 atom stereocenters. The van der Waals surface area contributed by atoms with Crippen LogP contribution in [-0.4, -0.2) is 64.7 Å². The van der Waals surface area contributed by atoms with Gasteiger partial charge in [-0.25, -0.2) is 0 Å². The number of methoxy groups -OCH3 is 1. The summed E-state index contributed by atoms with van der Waals surface area (Å²) in [5, 5.41) is 16.0. The molecule has 3 aliphatic heterocycles. The third-order valence-electron chi connectivity index (χ3n) is 8.56. The molecular weight excluding hydrogens is 486 g/mol. The van der Waals surface area contributed by atoms with E-state index in [0.717, 1.165) is 5.56 Å².